The number of carbonyl (C=O) groups is 1. The zero-order valence-electron chi connectivity index (χ0n) is 7.05. The lowest BCUT2D eigenvalue weighted by atomic mass is 9.83. The van der Waals surface area contributed by atoms with Crippen molar-refractivity contribution in [1.82, 2.24) is 0 Å². The standard InChI is InChI=1S/C9H7BCl2O/c1-5(10)9(13)7-3-2-6(11)4-8(7)12/h2-5H,1H3. The van der Waals surface area contributed by atoms with Crippen LogP contribution in [0.5, 0.6) is 0 Å². The van der Waals surface area contributed by atoms with Gasteiger partial charge in [0.2, 0.25) is 0 Å². The first-order chi connectivity index (χ1) is 6.02. The molecule has 0 spiro atoms. The highest BCUT2D eigenvalue weighted by atomic mass is 35.5. The minimum Gasteiger partial charge on any atom is -0.295 e. The molecule has 0 aromatic heterocycles. The zero-order valence-corrected chi connectivity index (χ0v) is 8.56. The minimum absolute atomic E-state index is 0.179. The molecule has 13 heavy (non-hydrogen) atoms. The van der Waals surface area contributed by atoms with E-state index in [1.165, 1.54) is 6.07 Å². The molecular weight excluding hydrogens is 206 g/mol. The van der Waals surface area contributed by atoms with Gasteiger partial charge in [-0.1, -0.05) is 30.1 Å². The summed E-state index contributed by atoms with van der Waals surface area (Å²) in [5.74, 6) is -0.722. The Kier molecular flexibility index (Phi) is 3.40. The molecule has 0 saturated carbocycles. The summed E-state index contributed by atoms with van der Waals surface area (Å²) in [7, 11) is 5.43. The first-order valence-corrected chi connectivity index (χ1v) is 4.53. The normalized spacial score (nSPS) is 12.5. The van der Waals surface area contributed by atoms with Crippen molar-refractivity contribution in [2.45, 2.75) is 12.7 Å². The second-order valence-corrected chi connectivity index (χ2v) is 3.62. The van der Waals surface area contributed by atoms with E-state index in [4.69, 9.17) is 31.0 Å². The van der Waals surface area contributed by atoms with Gasteiger partial charge in [-0.3, -0.25) is 4.79 Å². The van der Waals surface area contributed by atoms with Gasteiger partial charge in [0.25, 0.3) is 0 Å². The first kappa shape index (κ1) is 10.6. The fourth-order valence-corrected chi connectivity index (χ4v) is 1.44. The predicted octanol–water partition coefficient (Wildman–Crippen LogP) is 3.15. The lowest BCUT2D eigenvalue weighted by Gasteiger charge is -2.06. The minimum atomic E-state index is -0.543. The van der Waals surface area contributed by atoms with Gasteiger partial charge < -0.3 is 0 Å². The Bertz CT molecular complexity index is 336. The topological polar surface area (TPSA) is 17.1 Å². The smallest absolute Gasteiger partial charge is 0.158 e. The molecule has 66 valence electrons. The maximum Gasteiger partial charge on any atom is 0.158 e. The molecule has 0 heterocycles. The molecule has 1 rings (SSSR count). The molecule has 0 bridgehead atoms. The molecule has 1 unspecified atom stereocenters. The largest absolute Gasteiger partial charge is 0.295 e. The van der Waals surface area contributed by atoms with Crippen molar-refractivity contribution < 1.29 is 4.79 Å². The van der Waals surface area contributed by atoms with Crippen LogP contribution in [0.4, 0.5) is 0 Å². The Morgan fingerprint density at radius 2 is 2.08 bits per heavy atom. The predicted molar refractivity (Wildman–Crippen MR) is 56.0 cm³/mol. The van der Waals surface area contributed by atoms with E-state index in [0.29, 0.717) is 15.6 Å². The zero-order chi connectivity index (χ0) is 10.0. The highest BCUT2D eigenvalue weighted by molar-refractivity contribution is 6.38. The van der Waals surface area contributed by atoms with Crippen molar-refractivity contribution in [2.75, 3.05) is 0 Å². The van der Waals surface area contributed by atoms with E-state index in [9.17, 15) is 4.79 Å². The van der Waals surface area contributed by atoms with Crippen molar-refractivity contribution in [2.24, 2.45) is 0 Å². The summed E-state index contributed by atoms with van der Waals surface area (Å²) in [5.41, 5.74) is 0.418. The van der Waals surface area contributed by atoms with Gasteiger partial charge in [-0.2, -0.15) is 0 Å². The molecular formula is C9H7BCl2O. The lowest BCUT2D eigenvalue weighted by molar-refractivity contribution is 0.0989. The SMILES string of the molecule is [B]C(C)C(=O)c1ccc(Cl)cc1Cl. The van der Waals surface area contributed by atoms with Crippen LogP contribution in [0.3, 0.4) is 0 Å². The molecule has 1 atom stereocenters. The lowest BCUT2D eigenvalue weighted by Crippen LogP contribution is -2.06. The fraction of sp³-hybridized carbons (Fsp3) is 0.222. The van der Waals surface area contributed by atoms with Crippen LogP contribution < -0.4 is 0 Å². The Morgan fingerprint density at radius 1 is 1.46 bits per heavy atom. The summed E-state index contributed by atoms with van der Waals surface area (Å²) < 4.78 is 0. The van der Waals surface area contributed by atoms with E-state index in [2.05, 4.69) is 0 Å². The number of hydrogen-bond donors (Lipinski definition) is 0. The summed E-state index contributed by atoms with van der Waals surface area (Å²) >= 11 is 11.5. The number of halogens is 2. The van der Waals surface area contributed by atoms with Crippen LogP contribution in [-0.4, -0.2) is 13.6 Å². The molecule has 0 N–H and O–H groups in total. The van der Waals surface area contributed by atoms with Gasteiger partial charge in [-0.15, -0.1) is 0 Å². The molecule has 4 heteroatoms. The molecule has 2 radical (unpaired) electrons. The number of carbonyl (C=O) groups excluding carboxylic acids is 1. The summed E-state index contributed by atoms with van der Waals surface area (Å²) in [4.78, 5) is 11.4. The van der Waals surface area contributed by atoms with Gasteiger partial charge >= 0.3 is 0 Å². The third kappa shape index (κ3) is 2.49. The van der Waals surface area contributed by atoms with Crippen molar-refractivity contribution in [3.05, 3.63) is 33.8 Å². The van der Waals surface area contributed by atoms with Crippen LogP contribution in [0, 0.1) is 0 Å². The van der Waals surface area contributed by atoms with E-state index in [0.717, 1.165) is 0 Å². The molecule has 0 fully saturated rings. The van der Waals surface area contributed by atoms with Crippen LogP contribution in [0.25, 0.3) is 0 Å². The Labute approximate surface area is 88.4 Å². The summed E-state index contributed by atoms with van der Waals surface area (Å²) in [5, 5.41) is 0.848. The second-order valence-electron chi connectivity index (χ2n) is 2.78. The third-order valence-corrected chi connectivity index (χ3v) is 2.16. The second kappa shape index (κ2) is 4.16. The van der Waals surface area contributed by atoms with Crippen LogP contribution in [0.15, 0.2) is 18.2 Å². The van der Waals surface area contributed by atoms with Gasteiger partial charge in [-0.25, -0.2) is 0 Å². The quantitative estimate of drug-likeness (QED) is 0.544. The van der Waals surface area contributed by atoms with Gasteiger partial charge in [-0.05, 0) is 24.0 Å². The van der Waals surface area contributed by atoms with Crippen LogP contribution >= 0.6 is 23.2 Å². The van der Waals surface area contributed by atoms with Gasteiger partial charge in [0.1, 0.15) is 0 Å². The van der Waals surface area contributed by atoms with Crippen molar-refractivity contribution in [3.63, 3.8) is 0 Å². The Morgan fingerprint density at radius 3 is 2.54 bits per heavy atom. The Balaban J connectivity index is 3.09. The van der Waals surface area contributed by atoms with E-state index < -0.39 is 5.82 Å². The summed E-state index contributed by atoms with van der Waals surface area (Å²) in [6, 6.07) is 4.72. The highest BCUT2D eigenvalue weighted by Crippen LogP contribution is 2.23. The van der Waals surface area contributed by atoms with Crippen LogP contribution in [-0.2, 0) is 0 Å². The van der Waals surface area contributed by atoms with E-state index >= 15 is 0 Å². The van der Waals surface area contributed by atoms with Gasteiger partial charge in [0, 0.05) is 10.6 Å². The average molecular weight is 213 g/mol. The van der Waals surface area contributed by atoms with Crippen LogP contribution in [0.2, 0.25) is 15.9 Å². The van der Waals surface area contributed by atoms with Crippen LogP contribution in [0.1, 0.15) is 17.3 Å². The number of benzene rings is 1. The maximum absolute atomic E-state index is 11.4. The third-order valence-electron chi connectivity index (χ3n) is 1.61. The first-order valence-electron chi connectivity index (χ1n) is 3.77. The number of ketones is 1. The van der Waals surface area contributed by atoms with E-state index in [1.54, 1.807) is 19.1 Å². The van der Waals surface area contributed by atoms with Crippen molar-refractivity contribution in [3.8, 4) is 0 Å². The molecule has 0 aliphatic heterocycles. The molecule has 0 saturated heterocycles. The monoisotopic (exact) mass is 212 g/mol. The van der Waals surface area contributed by atoms with Gasteiger partial charge in [0.15, 0.2) is 5.78 Å². The molecule has 1 aromatic carbocycles. The van der Waals surface area contributed by atoms with Crippen molar-refractivity contribution >= 4 is 36.8 Å². The van der Waals surface area contributed by atoms with Gasteiger partial charge in [0.05, 0.1) is 12.9 Å². The highest BCUT2D eigenvalue weighted by Gasteiger charge is 2.13. The number of rotatable bonds is 2. The molecule has 1 aromatic rings. The maximum atomic E-state index is 11.4. The van der Waals surface area contributed by atoms with Crippen molar-refractivity contribution in [1.29, 1.82) is 0 Å². The average Bonchev–Trinajstić information content (AvgIpc) is 2.03. The molecule has 1 nitrogen and oxygen atoms in total. The summed E-state index contributed by atoms with van der Waals surface area (Å²) in [6.07, 6.45) is 0. The number of hydrogen-bond acceptors (Lipinski definition) is 1. The summed E-state index contributed by atoms with van der Waals surface area (Å²) in [6.45, 7) is 1.62. The molecule has 0 amide bonds. The Hall–Kier alpha value is -0.465. The molecule has 0 aliphatic rings. The number of Topliss-reactive ketones (excluding diaryl/α,β-unsaturated/α-hetero) is 1. The van der Waals surface area contributed by atoms with E-state index in [-0.39, 0.29) is 5.78 Å². The fourth-order valence-electron chi connectivity index (χ4n) is 0.935. The van der Waals surface area contributed by atoms with E-state index in [1.807, 2.05) is 0 Å². The molecule has 0 aliphatic carbocycles.